The second-order valence-corrected chi connectivity index (χ2v) is 4.56. The zero-order valence-electron chi connectivity index (χ0n) is 7.68. The summed E-state index contributed by atoms with van der Waals surface area (Å²) in [6.45, 7) is 1.97. The zero-order valence-corrected chi connectivity index (χ0v) is 8.50. The fourth-order valence-electron chi connectivity index (χ4n) is 1.58. The van der Waals surface area contributed by atoms with Gasteiger partial charge in [0, 0.05) is 11.8 Å². The van der Waals surface area contributed by atoms with Crippen molar-refractivity contribution in [1.82, 2.24) is 15.0 Å². The summed E-state index contributed by atoms with van der Waals surface area (Å²) >= 11 is 1.97. The van der Waals surface area contributed by atoms with Crippen LogP contribution in [0.5, 0.6) is 0 Å². The normalized spacial score (nSPS) is 24.9. The summed E-state index contributed by atoms with van der Waals surface area (Å²) in [5, 5.41) is 8.00. The van der Waals surface area contributed by atoms with Crippen LogP contribution in [-0.2, 0) is 0 Å². The molecule has 5 heteroatoms. The largest absolute Gasteiger partial charge is 0.323 e. The summed E-state index contributed by atoms with van der Waals surface area (Å²) < 4.78 is 1.99. The van der Waals surface area contributed by atoms with Crippen LogP contribution in [-0.4, -0.2) is 26.5 Å². The van der Waals surface area contributed by atoms with Crippen molar-refractivity contribution >= 4 is 11.8 Å². The predicted octanol–water partition coefficient (Wildman–Crippen LogP) is 0.976. The molecule has 0 aliphatic carbocycles. The Bertz CT molecular complexity index is 277. The third-order valence-corrected chi connectivity index (χ3v) is 3.47. The van der Waals surface area contributed by atoms with Gasteiger partial charge < -0.3 is 5.73 Å². The number of nitrogens with two attached hydrogens (primary N) is 1. The second-order valence-electron chi connectivity index (χ2n) is 3.41. The molecule has 2 unspecified atom stereocenters. The molecule has 0 spiro atoms. The van der Waals surface area contributed by atoms with Crippen LogP contribution in [0.4, 0.5) is 0 Å². The average Bonchev–Trinajstić information content (AvgIpc) is 2.74. The maximum Gasteiger partial charge on any atom is 0.0755 e. The molecule has 1 aliphatic rings. The van der Waals surface area contributed by atoms with E-state index >= 15 is 0 Å². The summed E-state index contributed by atoms with van der Waals surface area (Å²) in [5.74, 6) is 2.37. The van der Waals surface area contributed by atoms with Crippen LogP contribution in [0.25, 0.3) is 0 Å². The van der Waals surface area contributed by atoms with Crippen LogP contribution in [0.15, 0.2) is 6.20 Å². The number of hydrogen-bond donors (Lipinski definition) is 1. The molecule has 1 aromatic rings. The topological polar surface area (TPSA) is 56.7 Å². The summed E-state index contributed by atoms with van der Waals surface area (Å²) in [4.78, 5) is 0. The van der Waals surface area contributed by atoms with Gasteiger partial charge in [0.2, 0.25) is 0 Å². The van der Waals surface area contributed by atoms with Gasteiger partial charge in [0.15, 0.2) is 0 Å². The molecular weight excluding hydrogens is 184 g/mol. The molecule has 2 atom stereocenters. The lowest BCUT2D eigenvalue weighted by atomic mass is 10.2. The van der Waals surface area contributed by atoms with Crippen molar-refractivity contribution in [3.05, 3.63) is 11.9 Å². The highest BCUT2D eigenvalue weighted by Crippen LogP contribution is 2.28. The van der Waals surface area contributed by atoms with E-state index in [1.54, 1.807) is 6.20 Å². The average molecular weight is 198 g/mol. The Morgan fingerprint density at radius 2 is 2.62 bits per heavy atom. The molecule has 1 saturated heterocycles. The third kappa shape index (κ3) is 1.71. The minimum atomic E-state index is 0.0283. The Morgan fingerprint density at radius 3 is 3.23 bits per heavy atom. The first kappa shape index (κ1) is 9.02. The molecule has 1 aliphatic heterocycles. The Hall–Kier alpha value is -0.550. The molecule has 4 nitrogen and oxygen atoms in total. The lowest BCUT2D eigenvalue weighted by Gasteiger charge is -2.13. The van der Waals surface area contributed by atoms with Crippen molar-refractivity contribution in [2.75, 3.05) is 11.5 Å². The van der Waals surface area contributed by atoms with Crippen LogP contribution in [0, 0.1) is 0 Å². The number of aromatic nitrogens is 3. The molecular formula is C8H14N4S. The molecule has 2 rings (SSSR count). The molecule has 1 aromatic heterocycles. The number of nitrogens with zero attached hydrogens (tertiary/aromatic N) is 3. The molecule has 0 amide bonds. The third-order valence-electron chi connectivity index (χ3n) is 2.32. The molecule has 2 N–H and O–H groups in total. The second kappa shape index (κ2) is 3.67. The van der Waals surface area contributed by atoms with E-state index in [-0.39, 0.29) is 6.04 Å². The molecule has 1 fully saturated rings. The van der Waals surface area contributed by atoms with Crippen LogP contribution >= 0.6 is 11.8 Å². The van der Waals surface area contributed by atoms with Gasteiger partial charge in [-0.15, -0.1) is 5.10 Å². The van der Waals surface area contributed by atoms with Gasteiger partial charge in [0.25, 0.3) is 0 Å². The highest BCUT2D eigenvalue weighted by atomic mass is 32.2. The number of thioether (sulfide) groups is 1. The standard InChI is InChI=1S/C8H14N4S/c1-6(9)8-4-10-11-12(8)7-2-3-13-5-7/h4,6-7H,2-3,5,9H2,1H3. The van der Waals surface area contributed by atoms with Crippen molar-refractivity contribution in [3.63, 3.8) is 0 Å². The van der Waals surface area contributed by atoms with Gasteiger partial charge in [-0.3, -0.25) is 0 Å². The van der Waals surface area contributed by atoms with Gasteiger partial charge in [-0.05, 0) is 19.1 Å². The minimum absolute atomic E-state index is 0.0283. The molecule has 13 heavy (non-hydrogen) atoms. The lowest BCUT2D eigenvalue weighted by Crippen LogP contribution is -2.18. The monoisotopic (exact) mass is 198 g/mol. The van der Waals surface area contributed by atoms with E-state index in [1.807, 2.05) is 23.4 Å². The fraction of sp³-hybridized carbons (Fsp3) is 0.750. The van der Waals surface area contributed by atoms with Gasteiger partial charge >= 0.3 is 0 Å². The van der Waals surface area contributed by atoms with E-state index in [0.717, 1.165) is 11.4 Å². The van der Waals surface area contributed by atoms with Crippen LogP contribution in [0.3, 0.4) is 0 Å². The maximum absolute atomic E-state index is 5.82. The Balaban J connectivity index is 2.23. The quantitative estimate of drug-likeness (QED) is 0.769. The minimum Gasteiger partial charge on any atom is -0.323 e. The first-order valence-electron chi connectivity index (χ1n) is 4.52. The summed E-state index contributed by atoms with van der Waals surface area (Å²) in [7, 11) is 0. The van der Waals surface area contributed by atoms with Crippen LogP contribution in [0.2, 0.25) is 0 Å². The van der Waals surface area contributed by atoms with Gasteiger partial charge in [-0.25, -0.2) is 4.68 Å². The van der Waals surface area contributed by atoms with Crippen molar-refractivity contribution in [2.24, 2.45) is 5.73 Å². The van der Waals surface area contributed by atoms with Crippen LogP contribution in [0.1, 0.15) is 31.1 Å². The van der Waals surface area contributed by atoms with Crippen molar-refractivity contribution < 1.29 is 0 Å². The fourth-order valence-corrected chi connectivity index (χ4v) is 2.76. The molecule has 0 bridgehead atoms. The Labute approximate surface area is 81.9 Å². The number of rotatable bonds is 2. The Morgan fingerprint density at radius 1 is 1.77 bits per heavy atom. The zero-order chi connectivity index (χ0) is 9.26. The molecule has 0 saturated carbocycles. The van der Waals surface area contributed by atoms with E-state index in [1.165, 1.54) is 12.2 Å². The van der Waals surface area contributed by atoms with Gasteiger partial charge in [-0.2, -0.15) is 11.8 Å². The molecule has 0 aromatic carbocycles. The van der Waals surface area contributed by atoms with E-state index in [9.17, 15) is 0 Å². The number of hydrogen-bond acceptors (Lipinski definition) is 4. The molecule has 2 heterocycles. The van der Waals surface area contributed by atoms with Gasteiger partial charge in [0.05, 0.1) is 17.9 Å². The lowest BCUT2D eigenvalue weighted by molar-refractivity contribution is 0.458. The van der Waals surface area contributed by atoms with E-state index in [0.29, 0.717) is 6.04 Å². The van der Waals surface area contributed by atoms with Gasteiger partial charge in [0.1, 0.15) is 0 Å². The summed E-state index contributed by atoms with van der Waals surface area (Å²) in [6.07, 6.45) is 2.96. The Kier molecular flexibility index (Phi) is 2.55. The highest BCUT2D eigenvalue weighted by Gasteiger charge is 2.21. The smallest absolute Gasteiger partial charge is 0.0755 e. The maximum atomic E-state index is 5.82. The highest BCUT2D eigenvalue weighted by molar-refractivity contribution is 7.99. The first-order chi connectivity index (χ1) is 6.29. The molecule has 0 radical (unpaired) electrons. The van der Waals surface area contributed by atoms with Gasteiger partial charge in [-0.1, -0.05) is 5.21 Å². The van der Waals surface area contributed by atoms with Crippen LogP contribution < -0.4 is 5.73 Å². The van der Waals surface area contributed by atoms with Crippen molar-refractivity contribution in [2.45, 2.75) is 25.4 Å². The van der Waals surface area contributed by atoms with E-state index in [4.69, 9.17) is 5.73 Å². The van der Waals surface area contributed by atoms with E-state index < -0.39 is 0 Å². The van der Waals surface area contributed by atoms with Crippen molar-refractivity contribution in [1.29, 1.82) is 0 Å². The predicted molar refractivity (Wildman–Crippen MR) is 53.6 cm³/mol. The van der Waals surface area contributed by atoms with Crippen molar-refractivity contribution in [3.8, 4) is 0 Å². The summed E-state index contributed by atoms with van der Waals surface area (Å²) in [5.41, 5.74) is 6.87. The molecule has 72 valence electrons. The SMILES string of the molecule is CC(N)c1cnnn1C1CCSC1. The summed E-state index contributed by atoms with van der Waals surface area (Å²) in [6, 6.07) is 0.536. The first-order valence-corrected chi connectivity index (χ1v) is 5.68. The van der Waals surface area contributed by atoms with E-state index in [2.05, 4.69) is 10.3 Å².